The third-order valence-electron chi connectivity index (χ3n) is 3.40. The summed E-state index contributed by atoms with van der Waals surface area (Å²) in [7, 11) is 0. The van der Waals surface area contributed by atoms with E-state index < -0.39 is 0 Å². The second kappa shape index (κ2) is 5.13. The molecule has 0 bridgehead atoms. The summed E-state index contributed by atoms with van der Waals surface area (Å²) >= 11 is 3.45. The monoisotopic (exact) mass is 267 g/mol. The topological polar surface area (TPSA) is 12.0 Å². The Kier molecular flexibility index (Phi) is 3.81. The Bertz CT molecular complexity index is 303. The number of benzene rings is 1. The lowest BCUT2D eigenvalue weighted by molar-refractivity contribution is 0.240. The predicted molar refractivity (Wildman–Crippen MR) is 67.8 cm³/mol. The summed E-state index contributed by atoms with van der Waals surface area (Å²) in [6.45, 7) is 3.30. The summed E-state index contributed by atoms with van der Waals surface area (Å²) in [6, 6.07) is 9.22. The van der Waals surface area contributed by atoms with Gasteiger partial charge in [-0.15, -0.1) is 0 Å². The van der Waals surface area contributed by atoms with Gasteiger partial charge >= 0.3 is 0 Å². The van der Waals surface area contributed by atoms with E-state index in [1.54, 1.807) is 0 Å². The molecule has 1 aromatic carbocycles. The first-order chi connectivity index (χ1) is 7.25. The second-order valence-electron chi connectivity index (χ2n) is 4.49. The average Bonchev–Trinajstić information content (AvgIpc) is 2.14. The molecule has 1 atom stereocenters. The van der Waals surface area contributed by atoms with Crippen molar-refractivity contribution in [3.05, 3.63) is 34.3 Å². The molecular formula is C13H18BrN. The van der Waals surface area contributed by atoms with Gasteiger partial charge in [-0.3, -0.25) is 0 Å². The maximum absolute atomic E-state index is 3.60. The van der Waals surface area contributed by atoms with Crippen molar-refractivity contribution >= 4 is 15.9 Å². The summed E-state index contributed by atoms with van der Waals surface area (Å²) in [4.78, 5) is 0. The van der Waals surface area contributed by atoms with E-state index in [0.717, 1.165) is 16.9 Å². The highest BCUT2D eigenvalue weighted by Crippen LogP contribution is 2.29. The lowest BCUT2D eigenvalue weighted by Gasteiger charge is -2.32. The Morgan fingerprint density at radius 1 is 1.33 bits per heavy atom. The Labute approximate surface area is 100 Å². The van der Waals surface area contributed by atoms with Gasteiger partial charge in [0.2, 0.25) is 0 Å². The highest BCUT2D eigenvalue weighted by molar-refractivity contribution is 9.10. The zero-order valence-corrected chi connectivity index (χ0v) is 10.8. The molecule has 1 N–H and O–H groups in total. The van der Waals surface area contributed by atoms with Crippen molar-refractivity contribution in [3.8, 4) is 0 Å². The van der Waals surface area contributed by atoms with Crippen LogP contribution in [0, 0.1) is 5.92 Å². The minimum Gasteiger partial charge on any atom is -0.310 e. The van der Waals surface area contributed by atoms with Crippen LogP contribution in [0.3, 0.4) is 0 Å². The molecule has 0 aromatic heterocycles. The maximum atomic E-state index is 3.60. The van der Waals surface area contributed by atoms with Gasteiger partial charge in [-0.1, -0.05) is 34.5 Å². The van der Waals surface area contributed by atoms with Crippen molar-refractivity contribution in [1.82, 2.24) is 5.32 Å². The van der Waals surface area contributed by atoms with E-state index in [0.29, 0.717) is 6.04 Å². The summed E-state index contributed by atoms with van der Waals surface area (Å²) < 4.78 is 1.15. The molecule has 1 aliphatic rings. The molecule has 0 heterocycles. The number of hydrogen-bond donors (Lipinski definition) is 1. The van der Waals surface area contributed by atoms with E-state index in [9.17, 15) is 0 Å². The van der Waals surface area contributed by atoms with Crippen molar-refractivity contribution in [2.24, 2.45) is 5.92 Å². The first kappa shape index (κ1) is 11.2. The van der Waals surface area contributed by atoms with Gasteiger partial charge in [0.1, 0.15) is 0 Å². The minimum atomic E-state index is 0.669. The van der Waals surface area contributed by atoms with Crippen LogP contribution in [0.2, 0.25) is 0 Å². The third-order valence-corrected chi connectivity index (χ3v) is 3.93. The van der Waals surface area contributed by atoms with Crippen LogP contribution in [0.1, 0.15) is 31.7 Å². The molecule has 1 aromatic rings. The molecule has 2 rings (SSSR count). The summed E-state index contributed by atoms with van der Waals surface area (Å²) in [6.07, 6.45) is 4.25. The number of halogens is 1. The van der Waals surface area contributed by atoms with Crippen molar-refractivity contribution < 1.29 is 0 Å². The van der Waals surface area contributed by atoms with Gasteiger partial charge in [0, 0.05) is 17.1 Å². The van der Waals surface area contributed by atoms with Crippen molar-refractivity contribution in [2.45, 2.75) is 38.8 Å². The molecule has 0 spiro atoms. The smallest absolute Gasteiger partial charge is 0.0208 e. The van der Waals surface area contributed by atoms with Crippen LogP contribution in [0.5, 0.6) is 0 Å². The fourth-order valence-corrected chi connectivity index (χ4v) is 2.25. The van der Waals surface area contributed by atoms with Gasteiger partial charge in [0.25, 0.3) is 0 Å². The van der Waals surface area contributed by atoms with E-state index in [-0.39, 0.29) is 0 Å². The summed E-state index contributed by atoms with van der Waals surface area (Å²) in [5.74, 6) is 0.917. The summed E-state index contributed by atoms with van der Waals surface area (Å²) in [5, 5.41) is 3.60. The second-order valence-corrected chi connectivity index (χ2v) is 5.40. The predicted octanol–water partition coefficient (Wildman–Crippen LogP) is 3.73. The SMILES string of the molecule is CC(NCc1ccc(Br)cc1)C1CCC1. The van der Waals surface area contributed by atoms with Gasteiger partial charge in [-0.2, -0.15) is 0 Å². The van der Waals surface area contributed by atoms with Crippen molar-refractivity contribution in [3.63, 3.8) is 0 Å². The molecule has 1 nitrogen and oxygen atoms in total. The average molecular weight is 268 g/mol. The first-order valence-corrected chi connectivity index (χ1v) is 6.53. The lowest BCUT2D eigenvalue weighted by Crippen LogP contribution is -2.36. The molecule has 0 aliphatic heterocycles. The molecule has 1 aliphatic carbocycles. The maximum Gasteiger partial charge on any atom is 0.0208 e. The van der Waals surface area contributed by atoms with Crippen LogP contribution in [0.25, 0.3) is 0 Å². The molecule has 82 valence electrons. The van der Waals surface area contributed by atoms with Gasteiger partial charge < -0.3 is 5.32 Å². The van der Waals surface area contributed by atoms with Crippen LogP contribution in [-0.2, 0) is 6.54 Å². The van der Waals surface area contributed by atoms with Gasteiger partial charge in [0.05, 0.1) is 0 Å². The highest BCUT2D eigenvalue weighted by atomic mass is 79.9. The fourth-order valence-electron chi connectivity index (χ4n) is 1.99. The van der Waals surface area contributed by atoms with E-state index in [1.165, 1.54) is 24.8 Å². The Hall–Kier alpha value is -0.340. The zero-order chi connectivity index (χ0) is 10.7. The molecule has 0 radical (unpaired) electrons. The number of nitrogens with one attached hydrogen (secondary N) is 1. The normalized spacial score (nSPS) is 18.5. The molecule has 1 fully saturated rings. The molecule has 2 heteroatoms. The standard InChI is InChI=1S/C13H18BrN/c1-10(12-3-2-4-12)15-9-11-5-7-13(14)8-6-11/h5-8,10,12,15H,2-4,9H2,1H3. The Morgan fingerprint density at radius 3 is 2.53 bits per heavy atom. The zero-order valence-electron chi connectivity index (χ0n) is 9.17. The van der Waals surface area contributed by atoms with Gasteiger partial charge in [-0.05, 0) is 43.4 Å². The molecule has 0 amide bonds. The van der Waals surface area contributed by atoms with Crippen LogP contribution >= 0.6 is 15.9 Å². The largest absolute Gasteiger partial charge is 0.310 e. The van der Waals surface area contributed by atoms with E-state index in [2.05, 4.69) is 52.4 Å². The van der Waals surface area contributed by atoms with Crippen molar-refractivity contribution in [1.29, 1.82) is 0 Å². The molecule has 0 saturated heterocycles. The van der Waals surface area contributed by atoms with Gasteiger partial charge in [-0.25, -0.2) is 0 Å². The molecule has 1 unspecified atom stereocenters. The quantitative estimate of drug-likeness (QED) is 0.877. The third kappa shape index (κ3) is 3.05. The number of hydrogen-bond acceptors (Lipinski definition) is 1. The Balaban J connectivity index is 1.79. The molecule has 1 saturated carbocycles. The van der Waals surface area contributed by atoms with Crippen LogP contribution in [0.4, 0.5) is 0 Å². The van der Waals surface area contributed by atoms with Crippen molar-refractivity contribution in [2.75, 3.05) is 0 Å². The van der Waals surface area contributed by atoms with Gasteiger partial charge in [0.15, 0.2) is 0 Å². The van der Waals surface area contributed by atoms with E-state index in [1.807, 2.05) is 0 Å². The lowest BCUT2D eigenvalue weighted by atomic mass is 9.80. The number of rotatable bonds is 4. The fraction of sp³-hybridized carbons (Fsp3) is 0.538. The summed E-state index contributed by atoms with van der Waals surface area (Å²) in [5.41, 5.74) is 1.37. The molecule has 15 heavy (non-hydrogen) atoms. The minimum absolute atomic E-state index is 0.669. The first-order valence-electron chi connectivity index (χ1n) is 5.73. The van der Waals surface area contributed by atoms with Crippen LogP contribution in [0.15, 0.2) is 28.7 Å². The van der Waals surface area contributed by atoms with E-state index >= 15 is 0 Å². The molecular weight excluding hydrogens is 250 g/mol. The van der Waals surface area contributed by atoms with Crippen LogP contribution < -0.4 is 5.32 Å². The van der Waals surface area contributed by atoms with Crippen LogP contribution in [-0.4, -0.2) is 6.04 Å². The Morgan fingerprint density at radius 2 is 2.00 bits per heavy atom. The highest BCUT2D eigenvalue weighted by Gasteiger charge is 2.23. The van der Waals surface area contributed by atoms with E-state index in [4.69, 9.17) is 0 Å².